The molecule has 0 bridgehead atoms. The third-order valence-electron chi connectivity index (χ3n) is 5.59. The lowest BCUT2D eigenvalue weighted by molar-refractivity contribution is -0.118. The van der Waals surface area contributed by atoms with Gasteiger partial charge in [-0.2, -0.15) is 0 Å². The van der Waals surface area contributed by atoms with Crippen LogP contribution in [-0.4, -0.2) is 52.7 Å². The number of ether oxygens (including phenoxy) is 2. The molecule has 1 atom stereocenters. The summed E-state index contributed by atoms with van der Waals surface area (Å²) in [7, 11) is -0.486. The molecule has 0 unspecified atom stereocenters. The van der Waals surface area contributed by atoms with Crippen LogP contribution < -0.4 is 24.4 Å². The Kier molecular flexibility index (Phi) is 7.35. The van der Waals surface area contributed by atoms with Crippen LogP contribution in [-0.2, 0) is 21.2 Å². The molecule has 1 aromatic heterocycles. The van der Waals surface area contributed by atoms with Crippen LogP contribution in [0.2, 0.25) is 0 Å². The standard InChI is InChI=1S/C23H26N4O5S2.3H2/c1-31-18-5-8-21(32-2)16(15-18)9-11-24-20-10-13-27(22(20)28)17-3-6-19(7-4-17)34(29,30)26-23-25-12-14-33-23;;;/h3-8,12,14-15,20,24H,9-11,13H2,1-2H3,(H,25,26);3*1H/t20-;;;/m0.../s1. The SMILES string of the molecule is COc1ccc(OC)c(CCN[C@H]2CCN(c3ccc(S(=O)(=O)Nc4nccs4)cc3)C2=O)c1.[HH].[HH].[HH]. The Morgan fingerprint density at radius 2 is 1.97 bits per heavy atom. The number of thiazole rings is 1. The zero-order valence-electron chi connectivity index (χ0n) is 18.9. The van der Waals surface area contributed by atoms with E-state index in [0.29, 0.717) is 36.8 Å². The lowest BCUT2D eigenvalue weighted by Crippen LogP contribution is -2.39. The molecule has 0 saturated carbocycles. The van der Waals surface area contributed by atoms with Crippen LogP contribution in [0, 0.1) is 0 Å². The number of rotatable bonds is 10. The van der Waals surface area contributed by atoms with E-state index in [1.807, 2.05) is 18.2 Å². The molecule has 1 aliphatic heterocycles. The molecule has 1 aliphatic rings. The monoisotopic (exact) mass is 508 g/mol. The van der Waals surface area contributed by atoms with Crippen molar-refractivity contribution in [3.63, 3.8) is 0 Å². The third-order valence-corrected chi connectivity index (χ3v) is 7.76. The van der Waals surface area contributed by atoms with Gasteiger partial charge in [0.05, 0.1) is 25.2 Å². The second-order valence-electron chi connectivity index (χ2n) is 7.65. The van der Waals surface area contributed by atoms with Crippen molar-refractivity contribution in [3.8, 4) is 11.5 Å². The summed E-state index contributed by atoms with van der Waals surface area (Å²) in [5.41, 5.74) is 1.66. The highest BCUT2D eigenvalue weighted by Crippen LogP contribution is 2.26. The molecule has 2 heterocycles. The number of carbonyl (C=O) groups excluding carboxylic acids is 1. The van der Waals surface area contributed by atoms with Crippen LogP contribution in [0.4, 0.5) is 10.8 Å². The summed E-state index contributed by atoms with van der Waals surface area (Å²) in [6.45, 7) is 1.16. The smallest absolute Gasteiger partial charge is 0.263 e. The molecule has 34 heavy (non-hydrogen) atoms. The molecule has 1 saturated heterocycles. The molecule has 2 aromatic carbocycles. The summed E-state index contributed by atoms with van der Waals surface area (Å²) in [6.07, 6.45) is 2.88. The molecule has 11 heteroatoms. The van der Waals surface area contributed by atoms with E-state index in [1.54, 1.807) is 36.6 Å². The number of amides is 1. The highest BCUT2D eigenvalue weighted by molar-refractivity contribution is 7.93. The Morgan fingerprint density at radius 1 is 1.18 bits per heavy atom. The molecule has 0 radical (unpaired) electrons. The molecular formula is C23H32N4O5S2. The molecule has 0 aliphatic carbocycles. The number of aromatic nitrogens is 1. The van der Waals surface area contributed by atoms with Gasteiger partial charge in [0.25, 0.3) is 10.0 Å². The van der Waals surface area contributed by atoms with E-state index in [2.05, 4.69) is 15.0 Å². The van der Waals surface area contributed by atoms with E-state index in [-0.39, 0.29) is 21.1 Å². The van der Waals surface area contributed by atoms with Gasteiger partial charge in [-0.1, -0.05) is 0 Å². The van der Waals surface area contributed by atoms with Crippen molar-refractivity contribution >= 4 is 38.1 Å². The van der Waals surface area contributed by atoms with Crippen molar-refractivity contribution in [2.45, 2.75) is 23.8 Å². The van der Waals surface area contributed by atoms with Crippen LogP contribution in [0.1, 0.15) is 16.3 Å². The number of methoxy groups -OCH3 is 2. The Bertz CT molecular complexity index is 1250. The zero-order chi connectivity index (χ0) is 24.1. The molecule has 186 valence electrons. The number of hydrogen-bond donors (Lipinski definition) is 2. The Balaban J connectivity index is 0.00000228. The van der Waals surface area contributed by atoms with Crippen LogP contribution in [0.15, 0.2) is 58.9 Å². The summed E-state index contributed by atoms with van der Waals surface area (Å²) in [5.74, 6) is 1.50. The molecule has 9 nitrogen and oxygen atoms in total. The van der Waals surface area contributed by atoms with E-state index < -0.39 is 10.0 Å². The van der Waals surface area contributed by atoms with Gasteiger partial charge < -0.3 is 19.7 Å². The highest BCUT2D eigenvalue weighted by Gasteiger charge is 2.32. The zero-order valence-corrected chi connectivity index (χ0v) is 20.5. The Labute approximate surface area is 207 Å². The highest BCUT2D eigenvalue weighted by atomic mass is 32.2. The van der Waals surface area contributed by atoms with Gasteiger partial charge in [0, 0.05) is 34.6 Å². The van der Waals surface area contributed by atoms with Gasteiger partial charge >= 0.3 is 0 Å². The van der Waals surface area contributed by atoms with Crippen LogP contribution >= 0.6 is 11.3 Å². The predicted molar refractivity (Wildman–Crippen MR) is 138 cm³/mol. The van der Waals surface area contributed by atoms with Gasteiger partial charge in [0.15, 0.2) is 5.13 Å². The van der Waals surface area contributed by atoms with Gasteiger partial charge in [0.2, 0.25) is 5.91 Å². The number of nitrogens with one attached hydrogen (secondary N) is 2. The molecule has 4 rings (SSSR count). The predicted octanol–water partition coefficient (Wildman–Crippen LogP) is 3.64. The summed E-state index contributed by atoms with van der Waals surface area (Å²) in [4.78, 5) is 18.7. The van der Waals surface area contributed by atoms with Gasteiger partial charge in [-0.25, -0.2) is 13.4 Å². The molecule has 1 amide bonds. The fourth-order valence-corrected chi connectivity index (χ4v) is 5.63. The number of anilines is 2. The summed E-state index contributed by atoms with van der Waals surface area (Å²) >= 11 is 1.20. The molecular weight excluding hydrogens is 476 g/mol. The maximum absolute atomic E-state index is 12.9. The number of benzene rings is 2. The lowest BCUT2D eigenvalue weighted by atomic mass is 10.1. The molecule has 0 spiro atoms. The van der Waals surface area contributed by atoms with Crippen LogP contribution in [0.25, 0.3) is 0 Å². The average Bonchev–Trinajstić information content (AvgIpc) is 3.48. The van der Waals surface area contributed by atoms with Crippen molar-refractivity contribution in [1.82, 2.24) is 10.3 Å². The van der Waals surface area contributed by atoms with E-state index in [0.717, 1.165) is 17.1 Å². The van der Waals surface area contributed by atoms with Crippen molar-refractivity contribution in [3.05, 3.63) is 59.6 Å². The second-order valence-corrected chi connectivity index (χ2v) is 10.2. The minimum Gasteiger partial charge on any atom is -0.497 e. The van der Waals surface area contributed by atoms with Gasteiger partial charge in [0.1, 0.15) is 11.5 Å². The van der Waals surface area contributed by atoms with Crippen molar-refractivity contribution in [2.24, 2.45) is 0 Å². The first-order chi connectivity index (χ1) is 16.4. The fourth-order valence-electron chi connectivity index (χ4n) is 3.84. The maximum atomic E-state index is 12.9. The third kappa shape index (κ3) is 5.32. The summed E-state index contributed by atoms with van der Waals surface area (Å²) in [5, 5.41) is 5.33. The number of sulfonamides is 1. The number of nitrogens with zero attached hydrogens (tertiary/aromatic N) is 2. The average molecular weight is 509 g/mol. The number of carbonyl (C=O) groups is 1. The fraction of sp³-hybridized carbons (Fsp3) is 0.304. The number of hydrogen-bond acceptors (Lipinski definition) is 8. The topological polar surface area (TPSA) is 110 Å². The van der Waals surface area contributed by atoms with Crippen LogP contribution in [0.3, 0.4) is 0 Å². The normalized spacial score (nSPS) is 16.0. The summed E-state index contributed by atoms with van der Waals surface area (Å²) in [6, 6.07) is 11.6. The minimum atomic E-state index is -3.73. The maximum Gasteiger partial charge on any atom is 0.263 e. The first-order valence-corrected chi connectivity index (χ1v) is 13.1. The van der Waals surface area contributed by atoms with E-state index >= 15 is 0 Å². The second kappa shape index (κ2) is 10.4. The molecule has 2 N–H and O–H groups in total. The molecule has 3 aromatic rings. The van der Waals surface area contributed by atoms with Gasteiger partial charge in [-0.3, -0.25) is 9.52 Å². The lowest BCUT2D eigenvalue weighted by Gasteiger charge is -2.18. The van der Waals surface area contributed by atoms with Crippen molar-refractivity contribution < 1.29 is 27.0 Å². The largest absolute Gasteiger partial charge is 0.497 e. The molecule has 1 fully saturated rings. The van der Waals surface area contributed by atoms with Crippen molar-refractivity contribution in [2.75, 3.05) is 36.9 Å². The van der Waals surface area contributed by atoms with E-state index in [4.69, 9.17) is 9.47 Å². The van der Waals surface area contributed by atoms with Gasteiger partial charge in [-0.15, -0.1) is 11.3 Å². The quantitative estimate of drug-likeness (QED) is 0.430. The Hall–Kier alpha value is -3.15. The van der Waals surface area contributed by atoms with Gasteiger partial charge in [-0.05, 0) is 60.9 Å². The minimum absolute atomic E-state index is 0. The van der Waals surface area contributed by atoms with Crippen molar-refractivity contribution in [1.29, 1.82) is 0 Å². The van der Waals surface area contributed by atoms with E-state index in [1.165, 1.54) is 29.7 Å². The Morgan fingerprint density at radius 3 is 2.65 bits per heavy atom. The summed E-state index contributed by atoms with van der Waals surface area (Å²) < 4.78 is 38.2. The van der Waals surface area contributed by atoms with Crippen LogP contribution in [0.5, 0.6) is 11.5 Å². The van der Waals surface area contributed by atoms with E-state index in [9.17, 15) is 13.2 Å². The first-order valence-electron chi connectivity index (χ1n) is 10.7. The first kappa shape index (κ1) is 24.0.